The number of benzene rings is 1. The molecule has 1 atom stereocenters. The fraction of sp³-hybridized carbons (Fsp3) is 0.300. The second-order valence-electron chi connectivity index (χ2n) is 2.95. The van der Waals surface area contributed by atoms with Crippen LogP contribution in [0.15, 0.2) is 24.3 Å². The Labute approximate surface area is 87.3 Å². The molecule has 0 aliphatic rings. The zero-order valence-corrected chi connectivity index (χ0v) is 8.30. The van der Waals surface area contributed by atoms with Gasteiger partial charge in [0.15, 0.2) is 0 Å². The van der Waals surface area contributed by atoms with E-state index < -0.39 is 18.6 Å². The molecule has 0 spiro atoms. The Morgan fingerprint density at radius 3 is 2.47 bits per heavy atom. The van der Waals surface area contributed by atoms with Gasteiger partial charge < -0.3 is 20.3 Å². The maximum absolute atomic E-state index is 10.6. The molecule has 3 N–H and O–H groups in total. The first-order chi connectivity index (χ1) is 7.17. The molecule has 0 amide bonds. The van der Waals surface area contributed by atoms with E-state index >= 15 is 0 Å². The SMILES string of the molecule is COc1ccc(N[C@@H](CO)C(=O)O)cc1. The molecule has 0 fully saturated rings. The molecular weight excluding hydrogens is 198 g/mol. The van der Waals surface area contributed by atoms with Crippen LogP contribution in [0.25, 0.3) is 0 Å². The zero-order chi connectivity index (χ0) is 11.3. The molecule has 0 aromatic heterocycles. The van der Waals surface area contributed by atoms with Gasteiger partial charge in [0.05, 0.1) is 13.7 Å². The number of carboxylic acids is 1. The van der Waals surface area contributed by atoms with Crippen molar-refractivity contribution in [2.45, 2.75) is 6.04 Å². The minimum atomic E-state index is -1.09. The second-order valence-corrected chi connectivity index (χ2v) is 2.95. The number of nitrogens with one attached hydrogen (secondary N) is 1. The van der Waals surface area contributed by atoms with Gasteiger partial charge in [-0.05, 0) is 24.3 Å². The van der Waals surface area contributed by atoms with Gasteiger partial charge in [0.25, 0.3) is 0 Å². The highest BCUT2D eigenvalue weighted by atomic mass is 16.5. The summed E-state index contributed by atoms with van der Waals surface area (Å²) in [6, 6.07) is 5.80. The van der Waals surface area contributed by atoms with Crippen LogP contribution in [0.5, 0.6) is 5.75 Å². The number of hydrogen-bond acceptors (Lipinski definition) is 4. The minimum absolute atomic E-state index is 0.457. The molecule has 1 aromatic rings. The molecule has 82 valence electrons. The second kappa shape index (κ2) is 5.21. The number of rotatable bonds is 5. The molecule has 1 aromatic carbocycles. The van der Waals surface area contributed by atoms with Crippen LogP contribution in [0.2, 0.25) is 0 Å². The number of carbonyl (C=O) groups is 1. The summed E-state index contributed by atoms with van der Waals surface area (Å²) in [4.78, 5) is 10.6. The predicted molar refractivity (Wildman–Crippen MR) is 55.1 cm³/mol. The highest BCUT2D eigenvalue weighted by Gasteiger charge is 2.15. The summed E-state index contributed by atoms with van der Waals surface area (Å²) in [6.45, 7) is -0.457. The molecule has 0 unspecified atom stereocenters. The Bertz CT molecular complexity index is 323. The largest absolute Gasteiger partial charge is 0.497 e. The molecule has 0 heterocycles. The first-order valence-electron chi connectivity index (χ1n) is 4.41. The third kappa shape index (κ3) is 3.14. The van der Waals surface area contributed by atoms with Crippen LogP contribution in [-0.4, -0.2) is 35.9 Å². The van der Waals surface area contributed by atoms with Crippen molar-refractivity contribution in [1.29, 1.82) is 0 Å². The van der Waals surface area contributed by atoms with E-state index in [0.29, 0.717) is 11.4 Å². The van der Waals surface area contributed by atoms with Crippen molar-refractivity contribution in [2.75, 3.05) is 19.0 Å². The predicted octanol–water partition coefficient (Wildman–Crippen LogP) is 0.553. The van der Waals surface area contributed by atoms with Gasteiger partial charge in [-0.3, -0.25) is 0 Å². The van der Waals surface area contributed by atoms with Crippen molar-refractivity contribution in [3.05, 3.63) is 24.3 Å². The van der Waals surface area contributed by atoms with E-state index in [1.807, 2.05) is 0 Å². The van der Waals surface area contributed by atoms with E-state index in [4.69, 9.17) is 14.9 Å². The molecule has 0 saturated carbocycles. The van der Waals surface area contributed by atoms with E-state index in [-0.39, 0.29) is 0 Å². The summed E-state index contributed by atoms with van der Waals surface area (Å²) >= 11 is 0. The van der Waals surface area contributed by atoms with Gasteiger partial charge in [0, 0.05) is 5.69 Å². The van der Waals surface area contributed by atoms with E-state index in [9.17, 15) is 4.79 Å². The number of methoxy groups -OCH3 is 1. The van der Waals surface area contributed by atoms with Gasteiger partial charge in [0.2, 0.25) is 0 Å². The molecule has 15 heavy (non-hydrogen) atoms. The Morgan fingerprint density at radius 1 is 1.47 bits per heavy atom. The van der Waals surface area contributed by atoms with Crippen LogP contribution >= 0.6 is 0 Å². The van der Waals surface area contributed by atoms with Crippen molar-refractivity contribution in [3.8, 4) is 5.75 Å². The van der Waals surface area contributed by atoms with Crippen LogP contribution in [0, 0.1) is 0 Å². The first-order valence-corrected chi connectivity index (χ1v) is 4.41. The van der Waals surface area contributed by atoms with Gasteiger partial charge in [-0.2, -0.15) is 0 Å². The lowest BCUT2D eigenvalue weighted by Crippen LogP contribution is -2.32. The number of hydrogen-bond donors (Lipinski definition) is 3. The molecule has 0 aliphatic heterocycles. The van der Waals surface area contributed by atoms with Crippen molar-refractivity contribution in [1.82, 2.24) is 0 Å². The summed E-state index contributed by atoms with van der Waals surface area (Å²) in [5.74, 6) is -0.398. The smallest absolute Gasteiger partial charge is 0.328 e. The number of anilines is 1. The lowest BCUT2D eigenvalue weighted by Gasteiger charge is -2.13. The topological polar surface area (TPSA) is 78.8 Å². The third-order valence-electron chi connectivity index (χ3n) is 1.91. The fourth-order valence-electron chi connectivity index (χ4n) is 1.07. The van der Waals surface area contributed by atoms with Crippen LogP contribution in [0.4, 0.5) is 5.69 Å². The number of aliphatic hydroxyl groups is 1. The standard InChI is InChI=1S/C10H13NO4/c1-15-8-4-2-7(3-5-8)11-9(6-12)10(13)14/h2-5,9,11-12H,6H2,1H3,(H,13,14)/t9-/m0/s1. The van der Waals surface area contributed by atoms with Crippen LogP contribution in [0.1, 0.15) is 0 Å². The van der Waals surface area contributed by atoms with Gasteiger partial charge in [-0.15, -0.1) is 0 Å². The summed E-state index contributed by atoms with van der Waals surface area (Å²) in [5.41, 5.74) is 0.622. The highest BCUT2D eigenvalue weighted by Crippen LogP contribution is 2.15. The van der Waals surface area contributed by atoms with E-state index in [0.717, 1.165) is 0 Å². The highest BCUT2D eigenvalue weighted by molar-refractivity contribution is 5.77. The average molecular weight is 211 g/mol. The first kappa shape index (κ1) is 11.3. The molecule has 1 rings (SSSR count). The lowest BCUT2D eigenvalue weighted by molar-refractivity contribution is -0.138. The lowest BCUT2D eigenvalue weighted by atomic mass is 10.2. The molecule has 0 radical (unpaired) electrons. The number of aliphatic carboxylic acids is 1. The number of ether oxygens (including phenoxy) is 1. The average Bonchev–Trinajstić information content (AvgIpc) is 2.26. The molecular formula is C10H13NO4. The minimum Gasteiger partial charge on any atom is -0.497 e. The quantitative estimate of drug-likeness (QED) is 0.663. The Morgan fingerprint density at radius 2 is 2.07 bits per heavy atom. The monoisotopic (exact) mass is 211 g/mol. The fourth-order valence-corrected chi connectivity index (χ4v) is 1.07. The molecule has 0 aliphatic carbocycles. The van der Waals surface area contributed by atoms with E-state index in [2.05, 4.69) is 5.32 Å². The van der Waals surface area contributed by atoms with Crippen molar-refractivity contribution in [3.63, 3.8) is 0 Å². The van der Waals surface area contributed by atoms with E-state index in [1.165, 1.54) is 0 Å². The van der Waals surface area contributed by atoms with Gasteiger partial charge in [-0.25, -0.2) is 4.79 Å². The zero-order valence-electron chi connectivity index (χ0n) is 8.30. The van der Waals surface area contributed by atoms with Crippen LogP contribution < -0.4 is 10.1 Å². The van der Waals surface area contributed by atoms with Gasteiger partial charge in [0.1, 0.15) is 11.8 Å². The molecule has 0 bridgehead atoms. The third-order valence-corrected chi connectivity index (χ3v) is 1.91. The Kier molecular flexibility index (Phi) is 3.93. The van der Waals surface area contributed by atoms with Crippen molar-refractivity contribution >= 4 is 11.7 Å². The summed E-state index contributed by atoms with van der Waals surface area (Å²) in [5, 5.41) is 20.2. The van der Waals surface area contributed by atoms with Crippen LogP contribution in [-0.2, 0) is 4.79 Å². The van der Waals surface area contributed by atoms with Crippen LogP contribution in [0.3, 0.4) is 0 Å². The van der Waals surface area contributed by atoms with Crippen molar-refractivity contribution in [2.24, 2.45) is 0 Å². The van der Waals surface area contributed by atoms with Gasteiger partial charge >= 0.3 is 5.97 Å². The maximum atomic E-state index is 10.6. The number of aliphatic hydroxyl groups excluding tert-OH is 1. The molecule has 5 nitrogen and oxygen atoms in total. The Balaban J connectivity index is 2.67. The van der Waals surface area contributed by atoms with E-state index in [1.54, 1.807) is 31.4 Å². The number of carboxylic acid groups (broad SMARTS) is 1. The normalized spacial score (nSPS) is 11.9. The summed E-state index contributed by atoms with van der Waals surface area (Å²) in [6.07, 6.45) is 0. The summed E-state index contributed by atoms with van der Waals surface area (Å²) < 4.78 is 4.95. The van der Waals surface area contributed by atoms with Gasteiger partial charge in [-0.1, -0.05) is 0 Å². The Hall–Kier alpha value is -1.75. The van der Waals surface area contributed by atoms with Crippen molar-refractivity contribution < 1.29 is 19.7 Å². The molecule has 0 saturated heterocycles. The molecule has 5 heteroatoms. The summed E-state index contributed by atoms with van der Waals surface area (Å²) in [7, 11) is 1.55. The maximum Gasteiger partial charge on any atom is 0.328 e.